The van der Waals surface area contributed by atoms with Crippen molar-refractivity contribution in [2.75, 3.05) is 13.2 Å². The molecule has 2 amide bonds. The molecule has 0 aliphatic carbocycles. The zero-order chi connectivity index (χ0) is 21.2. The van der Waals surface area contributed by atoms with Gasteiger partial charge in [-0.15, -0.1) is 0 Å². The summed E-state index contributed by atoms with van der Waals surface area (Å²) >= 11 is 5.97. The van der Waals surface area contributed by atoms with Crippen LogP contribution in [-0.2, 0) is 20.9 Å². The molecule has 29 heavy (non-hydrogen) atoms. The number of carbonyl (C=O) groups excluding carboxylic acids is 2. The highest BCUT2D eigenvalue weighted by Crippen LogP contribution is 2.24. The fourth-order valence-corrected chi connectivity index (χ4v) is 3.10. The molecule has 0 saturated carbocycles. The third kappa shape index (κ3) is 7.52. The predicted molar refractivity (Wildman–Crippen MR) is 116 cm³/mol. The molecule has 2 aromatic carbocycles. The van der Waals surface area contributed by atoms with Crippen LogP contribution < -0.4 is 5.32 Å². The minimum absolute atomic E-state index is 0.162. The van der Waals surface area contributed by atoms with Crippen molar-refractivity contribution in [3.63, 3.8) is 0 Å². The first-order valence-corrected chi connectivity index (χ1v) is 10.2. The lowest BCUT2D eigenvalue weighted by atomic mass is 10.0. The fourth-order valence-electron chi connectivity index (χ4n) is 2.98. The van der Waals surface area contributed by atoms with Gasteiger partial charge >= 0.3 is 0 Å². The number of carbonyl (C=O) groups is 2. The molecule has 2 rings (SSSR count). The Morgan fingerprint density at radius 2 is 1.72 bits per heavy atom. The van der Waals surface area contributed by atoms with Crippen LogP contribution in [0.3, 0.4) is 0 Å². The molecule has 0 aliphatic rings. The largest absolute Gasteiger partial charge is 0.379 e. The molecule has 1 N–H and O–H groups in total. The Balaban J connectivity index is 2.17. The fraction of sp³-hybridized carbons (Fsp3) is 0.391. The predicted octanol–water partition coefficient (Wildman–Crippen LogP) is 4.36. The molecule has 0 aliphatic heterocycles. The standard InChI is InChI=1S/C23H29ClN2O3/c1-17(2)29-15-7-14-25-23(28)22(20-8-5-4-6-9-20)26(18(3)27)16-19-10-12-21(24)13-11-19/h4-6,8-13,17,22H,7,14-16H2,1-3H3,(H,25,28). The second kappa shape index (κ2) is 11.6. The molecule has 0 spiro atoms. The topological polar surface area (TPSA) is 58.6 Å². The van der Waals surface area contributed by atoms with Gasteiger partial charge in [-0.1, -0.05) is 54.1 Å². The number of nitrogens with zero attached hydrogens (tertiary/aromatic N) is 1. The van der Waals surface area contributed by atoms with Gasteiger partial charge in [-0.05, 0) is 43.5 Å². The SMILES string of the molecule is CC(=O)N(Cc1ccc(Cl)cc1)C(C(=O)NCCCOC(C)C)c1ccccc1. The van der Waals surface area contributed by atoms with Gasteiger partial charge in [0.25, 0.3) is 0 Å². The molecule has 2 aromatic rings. The summed E-state index contributed by atoms with van der Waals surface area (Å²) in [5, 5.41) is 3.58. The van der Waals surface area contributed by atoms with E-state index in [1.54, 1.807) is 17.0 Å². The van der Waals surface area contributed by atoms with Gasteiger partial charge in [0, 0.05) is 31.6 Å². The Kier molecular flexibility index (Phi) is 9.16. The summed E-state index contributed by atoms with van der Waals surface area (Å²) in [5.41, 5.74) is 1.68. The van der Waals surface area contributed by atoms with E-state index in [4.69, 9.17) is 16.3 Å². The summed E-state index contributed by atoms with van der Waals surface area (Å²) in [6.45, 7) is 6.82. The highest BCUT2D eigenvalue weighted by atomic mass is 35.5. The van der Waals surface area contributed by atoms with E-state index in [1.807, 2.05) is 56.3 Å². The Hall–Kier alpha value is -2.37. The number of halogens is 1. The van der Waals surface area contributed by atoms with Crippen LogP contribution in [0.2, 0.25) is 5.02 Å². The van der Waals surface area contributed by atoms with Gasteiger partial charge in [0.2, 0.25) is 11.8 Å². The first-order chi connectivity index (χ1) is 13.9. The molecule has 6 heteroatoms. The van der Waals surface area contributed by atoms with E-state index in [1.165, 1.54) is 6.92 Å². The van der Waals surface area contributed by atoms with Gasteiger partial charge in [0.05, 0.1) is 6.10 Å². The molecular formula is C23H29ClN2O3. The van der Waals surface area contributed by atoms with Gasteiger partial charge in [0.15, 0.2) is 0 Å². The van der Waals surface area contributed by atoms with Gasteiger partial charge in [-0.3, -0.25) is 9.59 Å². The quantitative estimate of drug-likeness (QED) is 0.585. The molecule has 0 bridgehead atoms. The zero-order valence-corrected chi connectivity index (χ0v) is 18.0. The first-order valence-electron chi connectivity index (χ1n) is 9.84. The number of ether oxygens (including phenoxy) is 1. The number of amides is 2. The summed E-state index contributed by atoms with van der Waals surface area (Å²) in [7, 11) is 0. The average Bonchev–Trinajstić information content (AvgIpc) is 2.69. The molecular weight excluding hydrogens is 388 g/mol. The molecule has 156 valence electrons. The average molecular weight is 417 g/mol. The summed E-state index contributed by atoms with van der Waals surface area (Å²) in [6.07, 6.45) is 0.873. The molecule has 0 heterocycles. The maximum absolute atomic E-state index is 13.1. The second-order valence-corrected chi connectivity index (χ2v) is 7.59. The number of benzene rings is 2. The maximum atomic E-state index is 13.1. The normalized spacial score (nSPS) is 11.9. The van der Waals surface area contributed by atoms with E-state index >= 15 is 0 Å². The number of hydrogen-bond donors (Lipinski definition) is 1. The van der Waals surface area contributed by atoms with Gasteiger partial charge in [-0.25, -0.2) is 0 Å². The molecule has 1 unspecified atom stereocenters. The third-order valence-electron chi connectivity index (χ3n) is 4.42. The van der Waals surface area contributed by atoms with Crippen LogP contribution in [0.15, 0.2) is 54.6 Å². The summed E-state index contributed by atoms with van der Waals surface area (Å²) < 4.78 is 5.52. The van der Waals surface area contributed by atoms with E-state index in [0.29, 0.717) is 31.1 Å². The minimum atomic E-state index is -0.713. The number of hydrogen-bond acceptors (Lipinski definition) is 3. The van der Waals surface area contributed by atoms with Crippen LogP contribution in [0, 0.1) is 0 Å². The third-order valence-corrected chi connectivity index (χ3v) is 4.67. The van der Waals surface area contributed by atoms with Crippen molar-refractivity contribution in [1.29, 1.82) is 0 Å². The van der Waals surface area contributed by atoms with Crippen molar-refractivity contribution >= 4 is 23.4 Å². The monoisotopic (exact) mass is 416 g/mol. The van der Waals surface area contributed by atoms with E-state index in [0.717, 1.165) is 11.1 Å². The minimum Gasteiger partial charge on any atom is -0.379 e. The van der Waals surface area contributed by atoms with Gasteiger partial charge in [0.1, 0.15) is 6.04 Å². The molecule has 5 nitrogen and oxygen atoms in total. The van der Waals surface area contributed by atoms with Crippen molar-refractivity contribution in [3.05, 3.63) is 70.7 Å². The lowest BCUT2D eigenvalue weighted by Gasteiger charge is -2.30. The van der Waals surface area contributed by atoms with Crippen molar-refractivity contribution in [2.24, 2.45) is 0 Å². The molecule has 0 saturated heterocycles. The molecule has 0 radical (unpaired) electrons. The first kappa shape index (κ1) is 22.9. The van der Waals surface area contributed by atoms with E-state index in [2.05, 4.69) is 5.32 Å². The van der Waals surface area contributed by atoms with Gasteiger partial charge in [-0.2, -0.15) is 0 Å². The van der Waals surface area contributed by atoms with Crippen LogP contribution in [-0.4, -0.2) is 36.0 Å². The zero-order valence-electron chi connectivity index (χ0n) is 17.2. The lowest BCUT2D eigenvalue weighted by Crippen LogP contribution is -2.43. The summed E-state index contributed by atoms with van der Waals surface area (Å²) in [4.78, 5) is 27.1. The van der Waals surface area contributed by atoms with Crippen LogP contribution in [0.25, 0.3) is 0 Å². The highest BCUT2D eigenvalue weighted by Gasteiger charge is 2.29. The van der Waals surface area contributed by atoms with E-state index in [-0.39, 0.29) is 17.9 Å². The summed E-state index contributed by atoms with van der Waals surface area (Å²) in [6, 6.07) is 15.9. The molecule has 0 fully saturated rings. The van der Waals surface area contributed by atoms with Crippen molar-refractivity contribution in [1.82, 2.24) is 10.2 Å². The Morgan fingerprint density at radius 1 is 1.07 bits per heavy atom. The van der Waals surface area contributed by atoms with Crippen LogP contribution in [0.5, 0.6) is 0 Å². The van der Waals surface area contributed by atoms with E-state index < -0.39 is 6.04 Å². The highest BCUT2D eigenvalue weighted by molar-refractivity contribution is 6.30. The van der Waals surface area contributed by atoms with Gasteiger partial charge < -0.3 is 15.0 Å². The summed E-state index contributed by atoms with van der Waals surface area (Å²) in [5.74, 6) is -0.378. The van der Waals surface area contributed by atoms with Crippen molar-refractivity contribution in [2.45, 2.75) is 45.9 Å². The van der Waals surface area contributed by atoms with E-state index in [9.17, 15) is 9.59 Å². The molecule has 0 aromatic heterocycles. The second-order valence-electron chi connectivity index (χ2n) is 7.15. The van der Waals surface area contributed by atoms with Crippen LogP contribution >= 0.6 is 11.6 Å². The number of nitrogens with one attached hydrogen (secondary N) is 1. The maximum Gasteiger partial charge on any atom is 0.247 e. The molecule has 1 atom stereocenters. The Labute approximate surface area is 178 Å². The Morgan fingerprint density at radius 3 is 2.31 bits per heavy atom. The van der Waals surface area contributed by atoms with Crippen molar-refractivity contribution in [3.8, 4) is 0 Å². The smallest absolute Gasteiger partial charge is 0.247 e. The lowest BCUT2D eigenvalue weighted by molar-refractivity contribution is -0.140. The van der Waals surface area contributed by atoms with Crippen molar-refractivity contribution < 1.29 is 14.3 Å². The van der Waals surface area contributed by atoms with Crippen LogP contribution in [0.4, 0.5) is 0 Å². The van der Waals surface area contributed by atoms with Crippen LogP contribution in [0.1, 0.15) is 44.4 Å². The number of rotatable bonds is 10. The Bertz CT molecular complexity index is 778.